The van der Waals surface area contributed by atoms with Crippen LogP contribution in [0.5, 0.6) is 5.75 Å². The number of nitrogens with two attached hydrogens (primary N) is 1. The van der Waals surface area contributed by atoms with Crippen LogP contribution in [-0.4, -0.2) is 17.6 Å². The average Bonchev–Trinajstić information content (AvgIpc) is 2.30. The molecular formula is C10H5Br2F8NO. The van der Waals surface area contributed by atoms with Crippen LogP contribution in [0.4, 0.5) is 40.8 Å². The number of rotatable bonds is 4. The van der Waals surface area contributed by atoms with Gasteiger partial charge in [-0.15, -0.1) is 0 Å². The van der Waals surface area contributed by atoms with Crippen molar-refractivity contribution in [2.75, 3.05) is 5.73 Å². The molecule has 1 aromatic rings. The second-order valence-electron chi connectivity index (χ2n) is 3.90. The highest BCUT2D eigenvalue weighted by atomic mass is 79.9. The number of halogens is 10. The van der Waals surface area contributed by atoms with E-state index in [2.05, 4.69) is 20.7 Å². The minimum Gasteiger partial charge on any atom is -0.433 e. The van der Waals surface area contributed by atoms with Crippen molar-refractivity contribution in [3.8, 4) is 5.75 Å². The Balaban J connectivity index is 3.62. The van der Waals surface area contributed by atoms with Crippen LogP contribution in [0.3, 0.4) is 0 Å². The van der Waals surface area contributed by atoms with Gasteiger partial charge in [-0.2, -0.15) is 30.7 Å². The van der Waals surface area contributed by atoms with Gasteiger partial charge >= 0.3 is 23.3 Å². The molecule has 0 saturated heterocycles. The Morgan fingerprint density at radius 3 is 1.91 bits per heavy atom. The fourth-order valence-electron chi connectivity index (χ4n) is 1.47. The summed E-state index contributed by atoms with van der Waals surface area (Å²) in [5.74, 6) is -1.08. The molecule has 0 amide bonds. The van der Waals surface area contributed by atoms with E-state index in [9.17, 15) is 35.1 Å². The molecule has 0 aliphatic rings. The maximum atomic E-state index is 14.1. The van der Waals surface area contributed by atoms with Gasteiger partial charge in [-0.25, -0.2) is 4.39 Å². The topological polar surface area (TPSA) is 35.2 Å². The lowest BCUT2D eigenvalue weighted by Gasteiger charge is -2.32. The lowest BCUT2D eigenvalue weighted by atomic mass is 9.94. The van der Waals surface area contributed by atoms with Crippen molar-refractivity contribution in [1.82, 2.24) is 0 Å². The fourth-order valence-corrected chi connectivity index (χ4v) is 2.37. The molecule has 0 bridgehead atoms. The lowest BCUT2D eigenvalue weighted by molar-refractivity contribution is -0.282. The highest BCUT2D eigenvalue weighted by molar-refractivity contribution is 9.10. The molecule has 0 aromatic heterocycles. The Kier molecular flexibility index (Phi) is 5.27. The van der Waals surface area contributed by atoms with Gasteiger partial charge in [-0.05, 0) is 44.0 Å². The molecular weight excluding hydrogens is 462 g/mol. The van der Waals surface area contributed by atoms with Gasteiger partial charge in [0.15, 0.2) is 5.75 Å². The molecule has 0 fully saturated rings. The Hall–Kier alpha value is -0.780. The molecule has 0 saturated carbocycles. The van der Waals surface area contributed by atoms with Crippen molar-refractivity contribution in [2.45, 2.75) is 23.3 Å². The Labute approximate surface area is 134 Å². The van der Waals surface area contributed by atoms with Gasteiger partial charge in [0, 0.05) is 10.0 Å². The van der Waals surface area contributed by atoms with Crippen LogP contribution in [0.1, 0.15) is 5.56 Å². The molecule has 0 heterocycles. The van der Waals surface area contributed by atoms with Crippen LogP contribution in [0.15, 0.2) is 16.6 Å². The standard InChI is InChI=1S/C10H5Br2F8NO/c11-4-1-3(2-5(6(4)21)22-7(13)14)8(15,9(12,16)17)10(18,19)20/h1-2,7H,21H2. The number of hydrogen-bond donors (Lipinski definition) is 1. The van der Waals surface area contributed by atoms with E-state index in [0.717, 1.165) is 0 Å². The minimum absolute atomic E-state index is 0.0366. The lowest BCUT2D eigenvalue weighted by Crippen LogP contribution is -2.49. The van der Waals surface area contributed by atoms with E-state index >= 15 is 0 Å². The highest BCUT2D eigenvalue weighted by Crippen LogP contribution is 2.56. The van der Waals surface area contributed by atoms with Gasteiger partial charge in [-0.1, -0.05) is 0 Å². The SMILES string of the molecule is Nc1c(Br)cc(C(F)(C(F)(F)F)C(F)(F)Br)cc1OC(F)F. The molecule has 22 heavy (non-hydrogen) atoms. The van der Waals surface area contributed by atoms with Crippen LogP contribution >= 0.6 is 31.9 Å². The van der Waals surface area contributed by atoms with Gasteiger partial charge in [0.25, 0.3) is 0 Å². The molecule has 0 aliphatic heterocycles. The fraction of sp³-hybridized carbons (Fsp3) is 0.400. The van der Waals surface area contributed by atoms with Crippen LogP contribution in [-0.2, 0) is 5.67 Å². The summed E-state index contributed by atoms with van der Waals surface area (Å²) in [4.78, 5) is -5.07. The molecule has 2 N–H and O–H groups in total. The third-order valence-corrected chi connectivity index (χ3v) is 3.69. The van der Waals surface area contributed by atoms with Crippen molar-refractivity contribution in [3.05, 3.63) is 22.2 Å². The number of anilines is 1. The molecule has 1 unspecified atom stereocenters. The number of ether oxygens (including phenoxy) is 1. The predicted octanol–water partition coefficient (Wildman–Crippen LogP) is 5.35. The first-order valence-electron chi connectivity index (χ1n) is 5.08. The Bertz CT molecular complexity index is 543. The molecule has 12 heteroatoms. The quantitative estimate of drug-likeness (QED) is 0.369. The molecule has 2 nitrogen and oxygen atoms in total. The molecule has 0 spiro atoms. The third-order valence-electron chi connectivity index (χ3n) is 2.49. The van der Waals surface area contributed by atoms with Gasteiger partial charge in [0.2, 0.25) is 0 Å². The first-order valence-corrected chi connectivity index (χ1v) is 6.67. The number of benzene rings is 1. The second kappa shape index (κ2) is 6.02. The summed E-state index contributed by atoms with van der Waals surface area (Å²) in [5.41, 5.74) is -2.22. The monoisotopic (exact) mass is 465 g/mol. The zero-order valence-electron chi connectivity index (χ0n) is 10.00. The van der Waals surface area contributed by atoms with Gasteiger partial charge in [0.1, 0.15) is 0 Å². The predicted molar refractivity (Wildman–Crippen MR) is 67.9 cm³/mol. The molecule has 1 atom stereocenters. The number of alkyl halides is 9. The van der Waals surface area contributed by atoms with Gasteiger partial charge < -0.3 is 10.5 Å². The summed E-state index contributed by atoms with van der Waals surface area (Å²) in [5, 5.41) is 0. The second-order valence-corrected chi connectivity index (χ2v) is 5.75. The summed E-state index contributed by atoms with van der Waals surface area (Å²) >= 11 is 3.90. The summed E-state index contributed by atoms with van der Waals surface area (Å²) < 4.78 is 106. The van der Waals surface area contributed by atoms with Gasteiger partial charge in [0.05, 0.1) is 5.69 Å². The largest absolute Gasteiger partial charge is 0.433 e. The van der Waals surface area contributed by atoms with Crippen molar-refractivity contribution in [1.29, 1.82) is 0 Å². The summed E-state index contributed by atoms with van der Waals surface area (Å²) in [6, 6.07) is 0.339. The Morgan fingerprint density at radius 1 is 1.05 bits per heavy atom. The van der Waals surface area contributed by atoms with E-state index in [-0.39, 0.29) is 6.07 Å². The molecule has 1 rings (SSSR count). The van der Waals surface area contributed by atoms with Crippen LogP contribution in [0.2, 0.25) is 0 Å². The van der Waals surface area contributed by atoms with E-state index in [1.807, 2.05) is 0 Å². The third kappa shape index (κ3) is 3.42. The summed E-state index contributed by atoms with van der Waals surface area (Å²) in [6.07, 6.45) is -6.06. The van der Waals surface area contributed by atoms with Crippen LogP contribution in [0, 0.1) is 0 Å². The molecule has 1 aromatic carbocycles. The average molecular weight is 467 g/mol. The smallest absolute Gasteiger partial charge is 0.433 e. The van der Waals surface area contributed by atoms with E-state index in [1.165, 1.54) is 15.9 Å². The Morgan fingerprint density at radius 2 is 1.55 bits per heavy atom. The minimum atomic E-state index is -6.06. The van der Waals surface area contributed by atoms with E-state index < -0.39 is 44.8 Å². The van der Waals surface area contributed by atoms with Crippen molar-refractivity contribution in [2.24, 2.45) is 0 Å². The number of nitrogen functional groups attached to an aromatic ring is 1. The van der Waals surface area contributed by atoms with Crippen LogP contribution < -0.4 is 10.5 Å². The van der Waals surface area contributed by atoms with E-state index in [4.69, 9.17) is 5.73 Å². The first-order chi connectivity index (χ1) is 9.71. The van der Waals surface area contributed by atoms with E-state index in [0.29, 0.717) is 6.07 Å². The van der Waals surface area contributed by atoms with Crippen molar-refractivity contribution >= 4 is 37.5 Å². The zero-order chi connectivity index (χ0) is 17.5. The van der Waals surface area contributed by atoms with Crippen molar-refractivity contribution in [3.63, 3.8) is 0 Å². The van der Waals surface area contributed by atoms with Crippen LogP contribution in [0.25, 0.3) is 0 Å². The van der Waals surface area contributed by atoms with Crippen molar-refractivity contribution < 1.29 is 39.9 Å². The normalized spacial score (nSPS) is 15.8. The molecule has 0 radical (unpaired) electrons. The maximum Gasteiger partial charge on any atom is 0.433 e. The number of hydrogen-bond acceptors (Lipinski definition) is 2. The zero-order valence-corrected chi connectivity index (χ0v) is 13.2. The maximum absolute atomic E-state index is 14.1. The highest BCUT2D eigenvalue weighted by Gasteiger charge is 2.71. The van der Waals surface area contributed by atoms with E-state index in [1.54, 1.807) is 0 Å². The van der Waals surface area contributed by atoms with Gasteiger partial charge in [-0.3, -0.25) is 0 Å². The summed E-state index contributed by atoms with van der Waals surface area (Å²) in [7, 11) is 0. The molecule has 126 valence electrons. The first kappa shape index (κ1) is 19.3. The summed E-state index contributed by atoms with van der Waals surface area (Å²) in [6.45, 7) is -3.51. The molecule has 0 aliphatic carbocycles.